The van der Waals surface area contributed by atoms with Crippen LogP contribution in [0.25, 0.3) is 0 Å². The molecule has 4 heteroatoms. The Morgan fingerprint density at radius 1 is 1.10 bits per heavy atom. The van der Waals surface area contributed by atoms with Gasteiger partial charge >= 0.3 is 5.97 Å². The van der Waals surface area contributed by atoms with Crippen LogP contribution < -0.4 is 5.32 Å². The molecule has 114 valence electrons. The molecule has 0 spiro atoms. The molecule has 1 amide bonds. The number of hydrogen-bond acceptors (Lipinski definition) is 3. The van der Waals surface area contributed by atoms with Crippen LogP contribution >= 0.6 is 0 Å². The lowest BCUT2D eigenvalue weighted by molar-refractivity contribution is -0.148. The number of carbonyl (C=O) groups is 2. The summed E-state index contributed by atoms with van der Waals surface area (Å²) < 4.78 is 5.03. The van der Waals surface area contributed by atoms with Crippen molar-refractivity contribution in [1.29, 1.82) is 0 Å². The van der Waals surface area contributed by atoms with E-state index in [2.05, 4.69) is 19.2 Å². The van der Waals surface area contributed by atoms with Crippen LogP contribution in [0.5, 0.6) is 0 Å². The molecule has 0 aliphatic carbocycles. The number of nitrogens with one attached hydrogen (secondary N) is 1. The van der Waals surface area contributed by atoms with Crippen molar-refractivity contribution >= 4 is 17.6 Å². The van der Waals surface area contributed by atoms with E-state index in [4.69, 9.17) is 4.74 Å². The minimum atomic E-state index is -0.835. The minimum Gasteiger partial charge on any atom is -0.449 e. The number of ether oxygens (including phenoxy) is 1. The van der Waals surface area contributed by atoms with Gasteiger partial charge in [0.1, 0.15) is 0 Å². The van der Waals surface area contributed by atoms with Gasteiger partial charge in [-0.1, -0.05) is 31.6 Å². The highest BCUT2D eigenvalue weighted by atomic mass is 16.5. The van der Waals surface area contributed by atoms with Gasteiger partial charge in [0.2, 0.25) is 0 Å². The Morgan fingerprint density at radius 3 is 2.14 bits per heavy atom. The maximum Gasteiger partial charge on any atom is 0.331 e. The summed E-state index contributed by atoms with van der Waals surface area (Å²) in [4.78, 5) is 23.4. The molecule has 0 bridgehead atoms. The topological polar surface area (TPSA) is 55.4 Å². The van der Waals surface area contributed by atoms with Crippen LogP contribution in [0.3, 0.4) is 0 Å². The third-order valence-corrected chi connectivity index (χ3v) is 2.91. The predicted octanol–water partition coefficient (Wildman–Crippen LogP) is 3.65. The van der Waals surface area contributed by atoms with Gasteiger partial charge in [-0.2, -0.15) is 0 Å². The van der Waals surface area contributed by atoms with Crippen LogP contribution in [0.4, 0.5) is 5.69 Å². The van der Waals surface area contributed by atoms with Crippen LogP contribution in [0.15, 0.2) is 35.9 Å². The number of anilines is 1. The van der Waals surface area contributed by atoms with Crippen molar-refractivity contribution in [3.8, 4) is 0 Å². The van der Waals surface area contributed by atoms with Crippen LogP contribution in [0.1, 0.15) is 46.1 Å². The zero-order valence-electron chi connectivity index (χ0n) is 13.3. The van der Waals surface area contributed by atoms with Crippen molar-refractivity contribution in [1.82, 2.24) is 0 Å². The van der Waals surface area contributed by atoms with E-state index in [-0.39, 0.29) is 5.91 Å². The highest BCUT2D eigenvalue weighted by Crippen LogP contribution is 2.17. The number of esters is 1. The highest BCUT2D eigenvalue weighted by molar-refractivity contribution is 5.96. The smallest absolute Gasteiger partial charge is 0.331 e. The van der Waals surface area contributed by atoms with E-state index in [9.17, 15) is 9.59 Å². The van der Waals surface area contributed by atoms with E-state index in [0.717, 1.165) is 5.57 Å². The van der Waals surface area contributed by atoms with Crippen LogP contribution in [0.2, 0.25) is 0 Å². The molecule has 0 saturated carbocycles. The molecule has 0 radical (unpaired) electrons. The van der Waals surface area contributed by atoms with Gasteiger partial charge in [-0.3, -0.25) is 4.79 Å². The zero-order chi connectivity index (χ0) is 16.0. The first-order valence-electron chi connectivity index (χ1n) is 7.06. The van der Waals surface area contributed by atoms with Crippen molar-refractivity contribution in [3.63, 3.8) is 0 Å². The van der Waals surface area contributed by atoms with Gasteiger partial charge in [-0.25, -0.2) is 4.79 Å². The van der Waals surface area contributed by atoms with E-state index in [0.29, 0.717) is 11.6 Å². The molecule has 0 unspecified atom stereocenters. The Balaban J connectivity index is 2.60. The maximum absolute atomic E-state index is 11.9. The molecular formula is C17H23NO3. The Hall–Kier alpha value is -2.10. The standard InChI is InChI=1S/C17H23NO3/c1-11(2)10-16(19)21-13(5)17(20)18-15-8-6-14(7-9-15)12(3)4/h6-10,12-13H,1-5H3,(H,18,20)/t13-/m0/s1. The molecular weight excluding hydrogens is 266 g/mol. The summed E-state index contributed by atoms with van der Waals surface area (Å²) in [6, 6.07) is 7.63. The Kier molecular flexibility index (Phi) is 6.15. The molecule has 21 heavy (non-hydrogen) atoms. The van der Waals surface area contributed by atoms with Crippen molar-refractivity contribution in [2.45, 2.75) is 46.6 Å². The second-order valence-corrected chi connectivity index (χ2v) is 5.57. The molecule has 1 aromatic rings. The van der Waals surface area contributed by atoms with Gasteiger partial charge in [0.05, 0.1) is 0 Å². The van der Waals surface area contributed by atoms with Crippen molar-refractivity contribution in [2.75, 3.05) is 5.32 Å². The normalized spacial score (nSPS) is 11.7. The summed E-state index contributed by atoms with van der Waals surface area (Å²) in [7, 11) is 0. The fraction of sp³-hybridized carbons (Fsp3) is 0.412. The Morgan fingerprint density at radius 2 is 1.67 bits per heavy atom. The highest BCUT2D eigenvalue weighted by Gasteiger charge is 2.16. The van der Waals surface area contributed by atoms with Gasteiger partial charge in [0.15, 0.2) is 6.10 Å². The molecule has 4 nitrogen and oxygen atoms in total. The molecule has 0 saturated heterocycles. The fourth-order valence-corrected chi connectivity index (χ4v) is 1.69. The average Bonchev–Trinajstić information content (AvgIpc) is 2.38. The first-order chi connectivity index (χ1) is 9.79. The fourth-order valence-electron chi connectivity index (χ4n) is 1.69. The molecule has 1 rings (SSSR count). The SMILES string of the molecule is CC(C)=CC(=O)O[C@@H](C)C(=O)Nc1ccc(C(C)C)cc1. The predicted molar refractivity (Wildman–Crippen MR) is 84.1 cm³/mol. The van der Waals surface area contributed by atoms with Crippen LogP contribution in [-0.4, -0.2) is 18.0 Å². The summed E-state index contributed by atoms with van der Waals surface area (Å²) in [6.07, 6.45) is 0.527. The van der Waals surface area contributed by atoms with Gasteiger partial charge in [0.25, 0.3) is 5.91 Å². The molecule has 1 aromatic carbocycles. The molecule has 0 aromatic heterocycles. The molecule has 1 atom stereocenters. The summed E-state index contributed by atoms with van der Waals surface area (Å²) >= 11 is 0. The zero-order valence-corrected chi connectivity index (χ0v) is 13.3. The van der Waals surface area contributed by atoms with E-state index >= 15 is 0 Å². The van der Waals surface area contributed by atoms with Crippen molar-refractivity contribution in [3.05, 3.63) is 41.5 Å². The average molecular weight is 289 g/mol. The number of benzene rings is 1. The van der Waals surface area contributed by atoms with Crippen molar-refractivity contribution < 1.29 is 14.3 Å². The molecule has 0 fully saturated rings. The number of allylic oxidation sites excluding steroid dienone is 1. The van der Waals surface area contributed by atoms with Gasteiger partial charge in [0, 0.05) is 11.8 Å². The molecule has 1 N–H and O–H groups in total. The first-order valence-corrected chi connectivity index (χ1v) is 7.06. The van der Waals surface area contributed by atoms with Crippen LogP contribution in [-0.2, 0) is 14.3 Å². The third kappa shape index (κ3) is 5.81. The largest absolute Gasteiger partial charge is 0.449 e. The van der Waals surface area contributed by atoms with E-state index in [1.54, 1.807) is 20.8 Å². The summed E-state index contributed by atoms with van der Waals surface area (Å²) in [5.41, 5.74) is 2.72. The van der Waals surface area contributed by atoms with Gasteiger partial charge in [-0.15, -0.1) is 0 Å². The number of amides is 1. The first kappa shape index (κ1) is 17.0. The second-order valence-electron chi connectivity index (χ2n) is 5.57. The monoisotopic (exact) mass is 289 g/mol. The summed E-state index contributed by atoms with van der Waals surface area (Å²) in [5, 5.41) is 2.73. The third-order valence-electron chi connectivity index (χ3n) is 2.91. The molecule has 0 aliphatic rings. The quantitative estimate of drug-likeness (QED) is 0.665. The maximum atomic E-state index is 11.9. The van der Waals surface area contributed by atoms with Gasteiger partial charge < -0.3 is 10.1 Å². The molecule has 0 aliphatic heterocycles. The number of carbonyl (C=O) groups excluding carboxylic acids is 2. The molecule has 0 heterocycles. The number of rotatable bonds is 5. The number of hydrogen-bond donors (Lipinski definition) is 1. The Bertz CT molecular complexity index is 525. The minimum absolute atomic E-state index is 0.345. The van der Waals surface area contributed by atoms with E-state index in [1.807, 2.05) is 24.3 Å². The van der Waals surface area contributed by atoms with E-state index < -0.39 is 12.1 Å². The van der Waals surface area contributed by atoms with Crippen molar-refractivity contribution in [2.24, 2.45) is 0 Å². The summed E-state index contributed by atoms with van der Waals surface area (Å²) in [5.74, 6) is -0.408. The lowest BCUT2D eigenvalue weighted by atomic mass is 10.0. The van der Waals surface area contributed by atoms with Gasteiger partial charge in [-0.05, 0) is 44.4 Å². The lowest BCUT2D eigenvalue weighted by Gasteiger charge is -2.13. The summed E-state index contributed by atoms with van der Waals surface area (Å²) in [6.45, 7) is 9.36. The second kappa shape index (κ2) is 7.62. The van der Waals surface area contributed by atoms with Crippen LogP contribution in [0, 0.1) is 0 Å². The Labute approximate surface area is 126 Å². The lowest BCUT2D eigenvalue weighted by Crippen LogP contribution is -2.29. The van der Waals surface area contributed by atoms with E-state index in [1.165, 1.54) is 11.6 Å².